The summed E-state index contributed by atoms with van der Waals surface area (Å²) in [5.74, 6) is 2.48. The Morgan fingerprint density at radius 3 is 2.67 bits per heavy atom. The third kappa shape index (κ3) is 4.04. The van der Waals surface area contributed by atoms with Gasteiger partial charge in [-0.15, -0.1) is 11.6 Å². The molecule has 3 nitrogen and oxygen atoms in total. The van der Waals surface area contributed by atoms with Crippen molar-refractivity contribution in [3.63, 3.8) is 0 Å². The minimum absolute atomic E-state index is 0.112. The second-order valence-electron chi connectivity index (χ2n) is 5.16. The molecule has 0 radical (unpaired) electrons. The van der Waals surface area contributed by atoms with Gasteiger partial charge in [0.1, 0.15) is 5.88 Å². The monoisotopic (exact) mass is 290 g/mol. The topological polar surface area (TPSA) is 23.6 Å². The van der Waals surface area contributed by atoms with E-state index in [9.17, 15) is 4.79 Å². The largest absolute Gasteiger partial charge is 0.337 e. The van der Waals surface area contributed by atoms with Crippen molar-refractivity contribution in [3.05, 3.63) is 0 Å². The molecule has 5 heteroatoms. The Morgan fingerprint density at radius 1 is 1.17 bits per heavy atom. The second-order valence-corrected chi connectivity index (χ2v) is 6.58. The number of alkyl halides is 1. The van der Waals surface area contributed by atoms with Crippen LogP contribution in [0.25, 0.3) is 0 Å². The van der Waals surface area contributed by atoms with Crippen molar-refractivity contribution in [2.24, 2.45) is 0 Å². The lowest BCUT2D eigenvalue weighted by molar-refractivity contribution is -0.130. The molecule has 2 fully saturated rings. The molecule has 0 aromatic heterocycles. The van der Waals surface area contributed by atoms with Crippen LogP contribution in [-0.2, 0) is 4.79 Å². The maximum absolute atomic E-state index is 11.9. The number of nitrogens with zero attached hydrogens (tertiary/aromatic N) is 2. The van der Waals surface area contributed by atoms with Gasteiger partial charge in [-0.2, -0.15) is 11.8 Å². The molecule has 0 N–H and O–H groups in total. The average Bonchev–Trinajstić information content (AvgIpc) is 2.64. The van der Waals surface area contributed by atoms with E-state index >= 15 is 0 Å². The zero-order valence-corrected chi connectivity index (χ0v) is 12.5. The fourth-order valence-corrected chi connectivity index (χ4v) is 4.04. The van der Waals surface area contributed by atoms with Crippen LogP contribution < -0.4 is 0 Å². The van der Waals surface area contributed by atoms with E-state index < -0.39 is 0 Å². The predicted octanol–water partition coefficient (Wildman–Crippen LogP) is 2.05. The van der Waals surface area contributed by atoms with Crippen LogP contribution in [0.15, 0.2) is 0 Å². The SMILES string of the molecule is O=C(CCl)N1CCCSCC1CN1CCCCC1. The highest BCUT2D eigenvalue weighted by Crippen LogP contribution is 2.19. The minimum atomic E-state index is 0.112. The first-order valence-electron chi connectivity index (χ1n) is 6.97. The first kappa shape index (κ1) is 14.5. The molecule has 2 heterocycles. The first-order chi connectivity index (χ1) is 8.81. The van der Waals surface area contributed by atoms with Crippen LogP contribution in [0.3, 0.4) is 0 Å². The summed E-state index contributed by atoms with van der Waals surface area (Å²) < 4.78 is 0. The van der Waals surface area contributed by atoms with Crippen molar-refractivity contribution in [3.8, 4) is 0 Å². The molecule has 2 saturated heterocycles. The standard InChI is InChI=1S/C13H23ClN2OS/c14-9-13(17)16-7-4-8-18-11-12(16)10-15-5-2-1-3-6-15/h12H,1-11H2. The zero-order chi connectivity index (χ0) is 12.8. The predicted molar refractivity (Wildman–Crippen MR) is 78.5 cm³/mol. The van der Waals surface area contributed by atoms with Crippen molar-refractivity contribution in [2.45, 2.75) is 31.7 Å². The number of hydrogen-bond acceptors (Lipinski definition) is 3. The molecule has 0 aromatic rings. The van der Waals surface area contributed by atoms with Gasteiger partial charge in [-0.25, -0.2) is 0 Å². The van der Waals surface area contributed by atoms with Crippen molar-refractivity contribution in [1.29, 1.82) is 0 Å². The molecule has 0 aromatic carbocycles. The van der Waals surface area contributed by atoms with Gasteiger partial charge in [-0.1, -0.05) is 6.42 Å². The van der Waals surface area contributed by atoms with E-state index in [2.05, 4.69) is 4.90 Å². The summed E-state index contributed by atoms with van der Waals surface area (Å²) in [5, 5.41) is 0. The van der Waals surface area contributed by atoms with Crippen LogP contribution in [0, 0.1) is 0 Å². The van der Waals surface area contributed by atoms with Crippen LogP contribution >= 0.6 is 23.4 Å². The Balaban J connectivity index is 1.93. The molecule has 2 rings (SSSR count). The van der Waals surface area contributed by atoms with Crippen LogP contribution in [0.1, 0.15) is 25.7 Å². The maximum atomic E-state index is 11.9. The van der Waals surface area contributed by atoms with Crippen LogP contribution in [-0.4, -0.2) is 65.3 Å². The molecule has 0 spiro atoms. The normalized spacial score (nSPS) is 26.9. The fourth-order valence-electron chi connectivity index (χ4n) is 2.83. The van der Waals surface area contributed by atoms with Crippen molar-refractivity contribution < 1.29 is 4.79 Å². The molecule has 0 aliphatic carbocycles. The number of thioether (sulfide) groups is 1. The van der Waals surface area contributed by atoms with E-state index in [0.29, 0.717) is 6.04 Å². The first-order valence-corrected chi connectivity index (χ1v) is 8.65. The quantitative estimate of drug-likeness (QED) is 0.743. The van der Waals surface area contributed by atoms with Gasteiger partial charge in [0.25, 0.3) is 0 Å². The lowest BCUT2D eigenvalue weighted by Gasteiger charge is -2.35. The number of likely N-dealkylation sites (tertiary alicyclic amines) is 1. The summed E-state index contributed by atoms with van der Waals surface area (Å²) in [6, 6.07) is 0.363. The van der Waals surface area contributed by atoms with E-state index in [1.807, 2.05) is 16.7 Å². The Morgan fingerprint density at radius 2 is 1.94 bits per heavy atom. The van der Waals surface area contributed by atoms with Gasteiger partial charge in [0.2, 0.25) is 5.91 Å². The highest BCUT2D eigenvalue weighted by atomic mass is 35.5. The summed E-state index contributed by atoms with van der Waals surface area (Å²) in [4.78, 5) is 16.5. The number of piperidine rings is 1. The number of carbonyl (C=O) groups excluding carboxylic acids is 1. The van der Waals surface area contributed by atoms with Gasteiger partial charge < -0.3 is 9.80 Å². The Bertz CT molecular complexity index is 272. The summed E-state index contributed by atoms with van der Waals surface area (Å²) in [7, 11) is 0. The number of carbonyl (C=O) groups is 1. The van der Waals surface area contributed by atoms with E-state index in [0.717, 1.165) is 25.3 Å². The second kappa shape index (κ2) is 7.61. The number of amides is 1. The third-order valence-corrected chi connectivity index (χ3v) is 5.22. The Hall–Kier alpha value is 0.0700. The Kier molecular flexibility index (Phi) is 6.12. The summed E-state index contributed by atoms with van der Waals surface area (Å²) >= 11 is 7.72. The molecule has 0 bridgehead atoms. The molecule has 18 heavy (non-hydrogen) atoms. The molecule has 1 unspecified atom stereocenters. The smallest absolute Gasteiger partial charge is 0.237 e. The van der Waals surface area contributed by atoms with Crippen LogP contribution in [0.2, 0.25) is 0 Å². The van der Waals surface area contributed by atoms with Crippen molar-refractivity contribution >= 4 is 29.3 Å². The van der Waals surface area contributed by atoms with Crippen molar-refractivity contribution in [1.82, 2.24) is 9.80 Å². The molecule has 2 aliphatic rings. The average molecular weight is 291 g/mol. The van der Waals surface area contributed by atoms with E-state index in [-0.39, 0.29) is 11.8 Å². The summed E-state index contributed by atoms with van der Waals surface area (Å²) in [6.07, 6.45) is 5.08. The molecular formula is C13H23ClN2OS. The van der Waals surface area contributed by atoms with Gasteiger partial charge in [-0.05, 0) is 38.1 Å². The number of rotatable bonds is 3. The highest BCUT2D eigenvalue weighted by Gasteiger charge is 2.27. The fraction of sp³-hybridized carbons (Fsp3) is 0.923. The highest BCUT2D eigenvalue weighted by molar-refractivity contribution is 7.99. The molecule has 0 saturated carbocycles. The third-order valence-electron chi connectivity index (χ3n) is 3.79. The maximum Gasteiger partial charge on any atom is 0.237 e. The molecule has 1 atom stereocenters. The molecular weight excluding hydrogens is 268 g/mol. The summed E-state index contributed by atoms with van der Waals surface area (Å²) in [5.41, 5.74) is 0. The number of halogens is 1. The van der Waals surface area contributed by atoms with E-state index in [4.69, 9.17) is 11.6 Å². The zero-order valence-electron chi connectivity index (χ0n) is 10.9. The van der Waals surface area contributed by atoms with Crippen LogP contribution in [0.4, 0.5) is 0 Å². The van der Waals surface area contributed by atoms with Gasteiger partial charge in [0.15, 0.2) is 0 Å². The van der Waals surface area contributed by atoms with Gasteiger partial charge >= 0.3 is 0 Å². The lowest BCUT2D eigenvalue weighted by atomic mass is 10.1. The molecule has 2 aliphatic heterocycles. The lowest BCUT2D eigenvalue weighted by Crippen LogP contribution is -2.49. The van der Waals surface area contributed by atoms with E-state index in [1.165, 1.54) is 38.1 Å². The van der Waals surface area contributed by atoms with E-state index in [1.54, 1.807) is 0 Å². The minimum Gasteiger partial charge on any atom is -0.337 e. The van der Waals surface area contributed by atoms with Gasteiger partial charge in [0.05, 0.1) is 6.04 Å². The van der Waals surface area contributed by atoms with Gasteiger partial charge in [0, 0.05) is 18.8 Å². The molecule has 104 valence electrons. The molecule has 1 amide bonds. The van der Waals surface area contributed by atoms with Crippen molar-refractivity contribution in [2.75, 3.05) is 43.6 Å². The Labute approximate surface area is 119 Å². The van der Waals surface area contributed by atoms with Gasteiger partial charge in [-0.3, -0.25) is 4.79 Å². The number of hydrogen-bond donors (Lipinski definition) is 0. The summed E-state index contributed by atoms with van der Waals surface area (Å²) in [6.45, 7) is 4.32. The van der Waals surface area contributed by atoms with Crippen LogP contribution in [0.5, 0.6) is 0 Å².